The van der Waals surface area contributed by atoms with Crippen LogP contribution in [0.5, 0.6) is 0 Å². The maximum atomic E-state index is 12.3. The number of nitrogens with one attached hydrogen (secondary N) is 2. The van der Waals surface area contributed by atoms with Crippen molar-refractivity contribution in [3.63, 3.8) is 0 Å². The van der Waals surface area contributed by atoms with Crippen LogP contribution >= 0.6 is 15.9 Å². The summed E-state index contributed by atoms with van der Waals surface area (Å²) >= 11 is 3.38. The van der Waals surface area contributed by atoms with Gasteiger partial charge >= 0.3 is 0 Å². The zero-order valence-electron chi connectivity index (χ0n) is 15.3. The number of hydrogen-bond acceptors (Lipinski definition) is 7. The number of aromatic nitrogens is 2. The van der Waals surface area contributed by atoms with Crippen LogP contribution in [0.25, 0.3) is 5.57 Å². The molecule has 0 bridgehead atoms. The highest BCUT2D eigenvalue weighted by Crippen LogP contribution is 2.27. The lowest BCUT2D eigenvalue weighted by molar-refractivity contribution is -0.114. The fourth-order valence-electron chi connectivity index (χ4n) is 3.19. The summed E-state index contributed by atoms with van der Waals surface area (Å²) in [4.78, 5) is 28.8. The number of likely N-dealkylation sites (N-methyl/N-ethyl adjacent to an activating group) is 1. The van der Waals surface area contributed by atoms with Crippen molar-refractivity contribution >= 4 is 45.0 Å². The minimum absolute atomic E-state index is 0.362. The van der Waals surface area contributed by atoms with Crippen molar-refractivity contribution in [2.24, 2.45) is 0 Å². The highest BCUT2D eigenvalue weighted by Gasteiger charge is 2.27. The molecule has 4 rings (SSSR count). The summed E-state index contributed by atoms with van der Waals surface area (Å²) in [5, 5.41) is 13.8. The van der Waals surface area contributed by atoms with Crippen LogP contribution in [0, 0.1) is 0 Å². The van der Waals surface area contributed by atoms with Crippen molar-refractivity contribution in [3.8, 4) is 0 Å². The maximum Gasteiger partial charge on any atom is 0.260 e. The number of imide groups is 1. The molecule has 144 valence electrons. The van der Waals surface area contributed by atoms with Gasteiger partial charge in [-0.1, -0.05) is 15.9 Å². The van der Waals surface area contributed by atoms with Crippen molar-refractivity contribution in [1.29, 1.82) is 0 Å². The minimum Gasteiger partial charge on any atom is -0.353 e. The molecule has 2 aliphatic heterocycles. The molecule has 9 heteroatoms. The van der Waals surface area contributed by atoms with Gasteiger partial charge in [-0.15, -0.1) is 10.2 Å². The van der Waals surface area contributed by atoms with Crippen LogP contribution in [0.2, 0.25) is 0 Å². The van der Waals surface area contributed by atoms with Gasteiger partial charge in [0.15, 0.2) is 11.6 Å². The smallest absolute Gasteiger partial charge is 0.260 e. The summed E-state index contributed by atoms with van der Waals surface area (Å²) in [7, 11) is 2.11. The fourth-order valence-corrected chi connectivity index (χ4v) is 3.55. The van der Waals surface area contributed by atoms with E-state index in [1.54, 1.807) is 24.4 Å². The quantitative estimate of drug-likeness (QED) is 0.552. The van der Waals surface area contributed by atoms with Crippen LogP contribution in [0.1, 0.15) is 15.9 Å². The van der Waals surface area contributed by atoms with Gasteiger partial charge in [0.25, 0.3) is 11.8 Å². The molecule has 2 aromatic rings. The number of fused-ring (bicyclic) bond motifs is 1. The van der Waals surface area contributed by atoms with Gasteiger partial charge in [0.05, 0.1) is 5.57 Å². The van der Waals surface area contributed by atoms with Crippen molar-refractivity contribution in [3.05, 3.63) is 52.1 Å². The number of piperazine rings is 1. The highest BCUT2D eigenvalue weighted by atomic mass is 79.9. The molecule has 2 N–H and O–H groups in total. The minimum atomic E-state index is -0.454. The lowest BCUT2D eigenvalue weighted by atomic mass is 9.96. The number of carbonyl (C=O) groups excluding carboxylic acids is 2. The first-order valence-corrected chi connectivity index (χ1v) is 9.70. The summed E-state index contributed by atoms with van der Waals surface area (Å²) in [5.41, 5.74) is 1.38. The van der Waals surface area contributed by atoms with Gasteiger partial charge in [-0.3, -0.25) is 14.9 Å². The molecule has 8 nitrogen and oxygen atoms in total. The lowest BCUT2D eigenvalue weighted by Crippen LogP contribution is -2.44. The Bertz CT molecular complexity index is 951. The van der Waals surface area contributed by atoms with E-state index in [4.69, 9.17) is 0 Å². The molecule has 0 spiro atoms. The van der Waals surface area contributed by atoms with Gasteiger partial charge < -0.3 is 15.1 Å². The molecule has 1 aromatic heterocycles. The van der Waals surface area contributed by atoms with E-state index in [9.17, 15) is 9.59 Å². The van der Waals surface area contributed by atoms with Crippen LogP contribution < -0.4 is 15.5 Å². The average Bonchev–Trinajstić information content (AvgIpc) is 2.68. The number of anilines is 2. The third-order valence-electron chi connectivity index (χ3n) is 4.83. The molecular weight excluding hydrogens is 424 g/mol. The Morgan fingerprint density at radius 1 is 1.04 bits per heavy atom. The number of rotatable bonds is 3. The molecule has 1 saturated heterocycles. The first kappa shape index (κ1) is 18.6. The zero-order valence-corrected chi connectivity index (χ0v) is 16.9. The number of nitrogens with zero attached hydrogens (tertiary/aromatic N) is 4. The van der Waals surface area contributed by atoms with Gasteiger partial charge in [0, 0.05) is 48.0 Å². The molecule has 0 atom stereocenters. The predicted octanol–water partition coefficient (Wildman–Crippen LogP) is 1.71. The topological polar surface area (TPSA) is 90.5 Å². The maximum absolute atomic E-state index is 12.3. The van der Waals surface area contributed by atoms with Crippen LogP contribution in [-0.2, 0) is 4.79 Å². The Morgan fingerprint density at radius 2 is 1.82 bits per heavy atom. The van der Waals surface area contributed by atoms with Gasteiger partial charge in [0.1, 0.15) is 0 Å². The van der Waals surface area contributed by atoms with Crippen LogP contribution in [0.4, 0.5) is 11.6 Å². The second-order valence-electron chi connectivity index (χ2n) is 6.74. The van der Waals surface area contributed by atoms with Crippen LogP contribution in [-0.4, -0.2) is 60.1 Å². The van der Waals surface area contributed by atoms with E-state index in [1.807, 2.05) is 12.1 Å². The van der Waals surface area contributed by atoms with Crippen molar-refractivity contribution in [1.82, 2.24) is 20.4 Å². The van der Waals surface area contributed by atoms with E-state index in [1.165, 1.54) is 0 Å². The molecular formula is C19H19BrN6O2. The third kappa shape index (κ3) is 3.76. The average molecular weight is 443 g/mol. The van der Waals surface area contributed by atoms with Crippen molar-refractivity contribution < 1.29 is 9.59 Å². The Labute approximate surface area is 170 Å². The largest absolute Gasteiger partial charge is 0.353 e. The van der Waals surface area contributed by atoms with Gasteiger partial charge in [0.2, 0.25) is 0 Å². The number of halogens is 1. The van der Waals surface area contributed by atoms with Gasteiger partial charge in [-0.2, -0.15) is 0 Å². The predicted molar refractivity (Wildman–Crippen MR) is 110 cm³/mol. The van der Waals surface area contributed by atoms with Crippen LogP contribution in [0.15, 0.2) is 41.0 Å². The molecule has 1 aromatic carbocycles. The molecule has 1 fully saturated rings. The Hall–Kier alpha value is -2.78. The van der Waals surface area contributed by atoms with Crippen LogP contribution in [0.3, 0.4) is 0 Å². The van der Waals surface area contributed by atoms with E-state index in [-0.39, 0.29) is 0 Å². The number of carbonyl (C=O) groups is 2. The standard InChI is InChI=1S/C19H19BrN6O2/c1-25-6-8-26(9-7-25)17-5-4-16(23-24-17)21-11-15-14-10-12(20)2-3-13(14)18(27)22-19(15)28/h2-5,10-11H,6-9H2,1H3,(H,21,23)(H,22,27,28). The summed E-state index contributed by atoms with van der Waals surface area (Å²) in [6.07, 6.45) is 1.55. The van der Waals surface area contributed by atoms with Gasteiger partial charge in [-0.25, -0.2) is 0 Å². The van der Waals surface area contributed by atoms with E-state index in [0.717, 1.165) is 36.5 Å². The molecule has 0 unspecified atom stereocenters. The number of amides is 2. The van der Waals surface area contributed by atoms with E-state index >= 15 is 0 Å². The first-order valence-electron chi connectivity index (χ1n) is 8.91. The molecule has 0 saturated carbocycles. The monoisotopic (exact) mass is 442 g/mol. The molecule has 0 radical (unpaired) electrons. The summed E-state index contributed by atoms with van der Waals surface area (Å²) < 4.78 is 0.788. The van der Waals surface area contributed by atoms with E-state index < -0.39 is 11.8 Å². The molecule has 0 aliphatic carbocycles. The summed E-state index contributed by atoms with van der Waals surface area (Å²) in [6.45, 7) is 3.83. The Morgan fingerprint density at radius 3 is 2.54 bits per heavy atom. The molecule has 2 amide bonds. The fraction of sp³-hybridized carbons (Fsp3) is 0.263. The van der Waals surface area contributed by atoms with Crippen molar-refractivity contribution in [2.75, 3.05) is 43.4 Å². The zero-order chi connectivity index (χ0) is 19.7. The summed E-state index contributed by atoms with van der Waals surface area (Å²) in [5.74, 6) is 0.499. The SMILES string of the molecule is CN1CCN(c2ccc(NC=C3C(=O)NC(=O)c4ccc(Br)cc43)nn2)CC1. The number of benzene rings is 1. The Kier molecular flexibility index (Phi) is 5.10. The molecule has 28 heavy (non-hydrogen) atoms. The normalized spacial score (nSPS) is 18.8. The number of hydrogen-bond donors (Lipinski definition) is 2. The Balaban J connectivity index is 1.53. The summed E-state index contributed by atoms with van der Waals surface area (Å²) in [6, 6.07) is 8.93. The lowest BCUT2D eigenvalue weighted by Gasteiger charge is -2.32. The molecule has 2 aliphatic rings. The van der Waals surface area contributed by atoms with Crippen molar-refractivity contribution in [2.45, 2.75) is 0 Å². The van der Waals surface area contributed by atoms with E-state index in [2.05, 4.69) is 53.6 Å². The third-order valence-corrected chi connectivity index (χ3v) is 5.32. The first-order chi connectivity index (χ1) is 13.5. The van der Waals surface area contributed by atoms with Gasteiger partial charge in [-0.05, 0) is 37.4 Å². The second-order valence-corrected chi connectivity index (χ2v) is 7.66. The second kappa shape index (κ2) is 7.69. The van der Waals surface area contributed by atoms with E-state index in [0.29, 0.717) is 22.5 Å². The molecule has 3 heterocycles. The highest BCUT2D eigenvalue weighted by molar-refractivity contribution is 9.10.